The van der Waals surface area contributed by atoms with Crippen LogP contribution in [-0.2, 0) is 17.5 Å². The minimum atomic E-state index is -4.41. The highest BCUT2D eigenvalue weighted by Gasteiger charge is 2.33. The molecule has 20 heavy (non-hydrogen) atoms. The fourth-order valence-corrected chi connectivity index (χ4v) is 2.47. The minimum Gasteiger partial charge on any atom is -0.376 e. The molecule has 1 aliphatic rings. The number of guanidine groups is 1. The number of ether oxygens (including phenoxy) is 1. The molecule has 0 aromatic carbocycles. The maximum absolute atomic E-state index is 12.4. The van der Waals surface area contributed by atoms with Gasteiger partial charge in [-0.15, -0.1) is 11.3 Å². The Labute approximate surface area is 118 Å². The molecule has 1 atom stereocenters. The van der Waals surface area contributed by atoms with Crippen molar-refractivity contribution in [2.75, 3.05) is 13.2 Å². The minimum absolute atomic E-state index is 0.0328. The molecule has 0 amide bonds. The van der Waals surface area contributed by atoms with Crippen molar-refractivity contribution in [3.05, 3.63) is 16.1 Å². The number of halogens is 3. The van der Waals surface area contributed by atoms with Gasteiger partial charge in [0.05, 0.1) is 12.6 Å². The Kier molecular flexibility index (Phi) is 4.81. The van der Waals surface area contributed by atoms with Crippen LogP contribution in [0.25, 0.3) is 0 Å². The van der Waals surface area contributed by atoms with Gasteiger partial charge in [0.2, 0.25) is 0 Å². The molecule has 5 nitrogen and oxygen atoms in total. The van der Waals surface area contributed by atoms with Gasteiger partial charge in [-0.2, -0.15) is 13.2 Å². The van der Waals surface area contributed by atoms with E-state index in [-0.39, 0.29) is 23.6 Å². The quantitative estimate of drug-likeness (QED) is 0.656. The normalized spacial score (nSPS) is 20.4. The summed E-state index contributed by atoms with van der Waals surface area (Å²) < 4.78 is 42.5. The standard InChI is InChI=1S/C11H15F3N4OS/c12-11(13,14)8-6-20-9(18-8)5-17-10(15)16-4-7-2-1-3-19-7/h6-7H,1-5H2,(H3,15,16,17). The first kappa shape index (κ1) is 15.0. The average molecular weight is 308 g/mol. The number of nitrogens with zero attached hydrogens (tertiary/aromatic N) is 2. The number of aromatic nitrogens is 1. The molecule has 9 heteroatoms. The first-order chi connectivity index (χ1) is 9.45. The van der Waals surface area contributed by atoms with Crippen LogP contribution in [0.3, 0.4) is 0 Å². The third-order valence-electron chi connectivity index (χ3n) is 2.76. The van der Waals surface area contributed by atoms with Crippen LogP contribution in [0.4, 0.5) is 13.2 Å². The zero-order chi connectivity index (χ0) is 14.6. The predicted octanol–water partition coefficient (Wildman–Crippen LogP) is 1.75. The van der Waals surface area contributed by atoms with Crippen LogP contribution in [-0.4, -0.2) is 30.2 Å². The molecular formula is C11H15F3N4OS. The van der Waals surface area contributed by atoms with Crippen molar-refractivity contribution in [3.63, 3.8) is 0 Å². The van der Waals surface area contributed by atoms with E-state index in [0.717, 1.165) is 36.2 Å². The molecule has 2 heterocycles. The monoisotopic (exact) mass is 308 g/mol. The summed E-state index contributed by atoms with van der Waals surface area (Å²) >= 11 is 0.916. The lowest BCUT2D eigenvalue weighted by Crippen LogP contribution is -2.37. The van der Waals surface area contributed by atoms with Crippen LogP contribution in [0.15, 0.2) is 10.4 Å². The molecule has 3 N–H and O–H groups in total. The molecule has 1 saturated heterocycles. The smallest absolute Gasteiger partial charge is 0.376 e. The van der Waals surface area contributed by atoms with Gasteiger partial charge in [0.25, 0.3) is 0 Å². The number of hydrogen-bond acceptors (Lipinski definition) is 4. The third-order valence-corrected chi connectivity index (χ3v) is 3.60. The number of aliphatic imine (C=N–C) groups is 1. The molecule has 0 aliphatic carbocycles. The van der Waals surface area contributed by atoms with Gasteiger partial charge >= 0.3 is 6.18 Å². The predicted molar refractivity (Wildman–Crippen MR) is 69.4 cm³/mol. The van der Waals surface area contributed by atoms with Crippen molar-refractivity contribution < 1.29 is 17.9 Å². The highest BCUT2D eigenvalue weighted by molar-refractivity contribution is 7.09. The van der Waals surface area contributed by atoms with E-state index in [0.29, 0.717) is 6.54 Å². The lowest BCUT2D eigenvalue weighted by molar-refractivity contribution is -0.140. The number of thiazole rings is 1. The van der Waals surface area contributed by atoms with Crippen molar-refractivity contribution in [2.45, 2.75) is 31.7 Å². The van der Waals surface area contributed by atoms with E-state index in [1.54, 1.807) is 0 Å². The van der Waals surface area contributed by atoms with Gasteiger partial charge in [0, 0.05) is 18.5 Å². The van der Waals surface area contributed by atoms with Crippen molar-refractivity contribution in [1.82, 2.24) is 10.3 Å². The molecule has 0 radical (unpaired) electrons. The van der Waals surface area contributed by atoms with Crippen LogP contribution in [0.1, 0.15) is 23.5 Å². The SMILES string of the molecule is NC(=NCc1nc(C(F)(F)F)cs1)NCC1CCCO1. The summed E-state index contributed by atoms with van der Waals surface area (Å²) in [5.41, 5.74) is 4.74. The molecule has 1 aliphatic heterocycles. The van der Waals surface area contributed by atoms with Crippen molar-refractivity contribution in [3.8, 4) is 0 Å². The van der Waals surface area contributed by atoms with Crippen LogP contribution >= 0.6 is 11.3 Å². The Morgan fingerprint density at radius 2 is 2.40 bits per heavy atom. The number of nitrogens with two attached hydrogens (primary N) is 1. The maximum atomic E-state index is 12.4. The Morgan fingerprint density at radius 1 is 1.60 bits per heavy atom. The number of nitrogens with one attached hydrogen (secondary N) is 1. The van der Waals surface area contributed by atoms with Crippen LogP contribution in [0.5, 0.6) is 0 Å². The van der Waals surface area contributed by atoms with Crippen molar-refractivity contribution in [1.29, 1.82) is 0 Å². The number of rotatable bonds is 4. The van der Waals surface area contributed by atoms with Crippen LogP contribution < -0.4 is 11.1 Å². The Balaban J connectivity index is 1.80. The summed E-state index contributed by atoms with van der Waals surface area (Å²) in [7, 11) is 0. The molecule has 1 aromatic rings. The fourth-order valence-electron chi connectivity index (χ4n) is 1.75. The highest BCUT2D eigenvalue weighted by Crippen LogP contribution is 2.30. The summed E-state index contributed by atoms with van der Waals surface area (Å²) in [5, 5.41) is 4.14. The zero-order valence-corrected chi connectivity index (χ0v) is 11.4. The molecule has 112 valence electrons. The maximum Gasteiger partial charge on any atom is 0.434 e. The Hall–Kier alpha value is -1.35. The summed E-state index contributed by atoms with van der Waals surface area (Å²) in [5.74, 6) is 0.184. The summed E-state index contributed by atoms with van der Waals surface area (Å²) in [4.78, 5) is 7.43. The first-order valence-corrected chi connectivity index (χ1v) is 7.00. The molecular weight excluding hydrogens is 293 g/mol. The fraction of sp³-hybridized carbons (Fsp3) is 0.636. The highest BCUT2D eigenvalue weighted by atomic mass is 32.1. The van der Waals surface area contributed by atoms with Crippen LogP contribution in [0, 0.1) is 0 Å². The van der Waals surface area contributed by atoms with Gasteiger partial charge in [-0.05, 0) is 12.8 Å². The van der Waals surface area contributed by atoms with E-state index in [4.69, 9.17) is 10.5 Å². The second kappa shape index (κ2) is 6.40. The van der Waals surface area contributed by atoms with Gasteiger partial charge in [-0.25, -0.2) is 9.98 Å². The van der Waals surface area contributed by atoms with E-state index in [9.17, 15) is 13.2 Å². The molecule has 0 saturated carbocycles. The molecule has 0 spiro atoms. The summed E-state index contributed by atoms with van der Waals surface area (Å²) in [6.45, 7) is 1.34. The average Bonchev–Trinajstić information content (AvgIpc) is 3.04. The number of hydrogen-bond donors (Lipinski definition) is 2. The van der Waals surface area contributed by atoms with Gasteiger partial charge < -0.3 is 15.8 Å². The first-order valence-electron chi connectivity index (χ1n) is 6.12. The molecule has 1 aromatic heterocycles. The number of alkyl halides is 3. The topological polar surface area (TPSA) is 72.5 Å². The third kappa shape index (κ3) is 4.34. The van der Waals surface area contributed by atoms with E-state index < -0.39 is 11.9 Å². The second-order valence-electron chi connectivity index (χ2n) is 4.34. The Morgan fingerprint density at radius 3 is 3.00 bits per heavy atom. The van der Waals surface area contributed by atoms with E-state index >= 15 is 0 Å². The summed E-state index contributed by atoms with van der Waals surface area (Å²) in [6, 6.07) is 0. The van der Waals surface area contributed by atoms with E-state index in [2.05, 4.69) is 15.3 Å². The lowest BCUT2D eigenvalue weighted by Gasteiger charge is -2.10. The Bertz CT molecular complexity index is 468. The molecule has 1 fully saturated rings. The summed E-state index contributed by atoms with van der Waals surface area (Å²) in [6.07, 6.45) is -2.28. The molecule has 0 bridgehead atoms. The van der Waals surface area contributed by atoms with Gasteiger partial charge in [-0.1, -0.05) is 0 Å². The van der Waals surface area contributed by atoms with Crippen molar-refractivity contribution in [2.24, 2.45) is 10.7 Å². The van der Waals surface area contributed by atoms with Gasteiger partial charge in [-0.3, -0.25) is 0 Å². The van der Waals surface area contributed by atoms with Gasteiger partial charge in [0.15, 0.2) is 11.7 Å². The van der Waals surface area contributed by atoms with Crippen LogP contribution in [0.2, 0.25) is 0 Å². The second-order valence-corrected chi connectivity index (χ2v) is 5.28. The van der Waals surface area contributed by atoms with Gasteiger partial charge in [0.1, 0.15) is 5.01 Å². The van der Waals surface area contributed by atoms with Crippen molar-refractivity contribution >= 4 is 17.3 Å². The molecule has 1 unspecified atom stereocenters. The molecule has 2 rings (SSSR count). The lowest BCUT2D eigenvalue weighted by atomic mass is 10.2. The largest absolute Gasteiger partial charge is 0.434 e. The van der Waals surface area contributed by atoms with E-state index in [1.165, 1.54) is 0 Å². The zero-order valence-electron chi connectivity index (χ0n) is 10.6. The van der Waals surface area contributed by atoms with E-state index in [1.807, 2.05) is 0 Å².